The zero-order chi connectivity index (χ0) is 17.1. The molecule has 0 fully saturated rings. The molecule has 1 aromatic heterocycles. The molecule has 1 amide bonds. The van der Waals surface area contributed by atoms with Crippen LogP contribution in [0.25, 0.3) is 0 Å². The fourth-order valence-corrected chi connectivity index (χ4v) is 2.38. The second kappa shape index (κ2) is 7.16. The molecule has 8 heteroatoms. The van der Waals surface area contributed by atoms with E-state index >= 15 is 0 Å². The number of carbonyl (C=O) groups excluding carboxylic acids is 2. The highest BCUT2D eigenvalue weighted by molar-refractivity contribution is 9.10. The van der Waals surface area contributed by atoms with E-state index in [0.717, 1.165) is 6.07 Å². The van der Waals surface area contributed by atoms with Crippen molar-refractivity contribution in [2.75, 3.05) is 5.32 Å². The Kier molecular flexibility index (Phi) is 5.46. The van der Waals surface area contributed by atoms with Crippen LogP contribution in [0.5, 0.6) is 0 Å². The summed E-state index contributed by atoms with van der Waals surface area (Å²) in [5.74, 6) is -2.02. The molecule has 0 saturated carbocycles. The van der Waals surface area contributed by atoms with Crippen LogP contribution in [-0.4, -0.2) is 22.7 Å². The quantitative estimate of drug-likeness (QED) is 0.772. The second-order valence-corrected chi connectivity index (χ2v) is 5.96. The molecule has 0 saturated heterocycles. The monoisotopic (exact) mass is 399 g/mol. The number of aromatic nitrogens is 1. The fourth-order valence-electron chi connectivity index (χ4n) is 1.79. The molecule has 5 nitrogen and oxygen atoms in total. The summed E-state index contributed by atoms with van der Waals surface area (Å²) in [6, 6.07) is 4.74. The van der Waals surface area contributed by atoms with Crippen molar-refractivity contribution in [2.45, 2.75) is 13.0 Å². The zero-order valence-corrected chi connectivity index (χ0v) is 14.3. The first-order valence-electron chi connectivity index (χ1n) is 6.52. The van der Waals surface area contributed by atoms with E-state index in [2.05, 4.69) is 26.2 Å². The van der Waals surface area contributed by atoms with Gasteiger partial charge >= 0.3 is 0 Å². The van der Waals surface area contributed by atoms with Crippen molar-refractivity contribution in [2.24, 2.45) is 5.73 Å². The van der Waals surface area contributed by atoms with E-state index < -0.39 is 23.5 Å². The number of ketones is 1. The number of hydrogen-bond donors (Lipinski definition) is 2. The van der Waals surface area contributed by atoms with Crippen LogP contribution in [0.1, 0.15) is 23.0 Å². The van der Waals surface area contributed by atoms with E-state index in [-0.39, 0.29) is 22.0 Å². The molecule has 1 heterocycles. The van der Waals surface area contributed by atoms with Gasteiger partial charge in [-0.15, -0.1) is 0 Å². The zero-order valence-electron chi connectivity index (χ0n) is 11.9. The number of carbonyl (C=O) groups is 2. The summed E-state index contributed by atoms with van der Waals surface area (Å²) < 4.78 is 14.3. The Morgan fingerprint density at radius 1 is 1.39 bits per heavy atom. The van der Waals surface area contributed by atoms with Gasteiger partial charge in [0.05, 0.1) is 22.3 Å². The molecule has 0 bridgehead atoms. The average molecular weight is 401 g/mol. The number of nitrogens with zero attached hydrogens (tertiary/aromatic N) is 1. The van der Waals surface area contributed by atoms with Crippen molar-refractivity contribution in [3.8, 4) is 0 Å². The van der Waals surface area contributed by atoms with Crippen LogP contribution in [0.15, 0.2) is 34.9 Å². The van der Waals surface area contributed by atoms with Crippen molar-refractivity contribution in [3.05, 3.63) is 57.0 Å². The van der Waals surface area contributed by atoms with Crippen LogP contribution in [0.4, 0.5) is 10.1 Å². The van der Waals surface area contributed by atoms with Crippen LogP contribution < -0.4 is 11.1 Å². The van der Waals surface area contributed by atoms with E-state index in [9.17, 15) is 14.0 Å². The van der Waals surface area contributed by atoms with E-state index in [1.807, 2.05) is 0 Å². The summed E-state index contributed by atoms with van der Waals surface area (Å²) in [7, 11) is 0. The van der Waals surface area contributed by atoms with Gasteiger partial charge in [0, 0.05) is 10.7 Å². The topological polar surface area (TPSA) is 85.1 Å². The third kappa shape index (κ3) is 3.74. The lowest BCUT2D eigenvalue weighted by Gasteiger charge is -2.14. The van der Waals surface area contributed by atoms with Crippen molar-refractivity contribution < 1.29 is 14.0 Å². The van der Waals surface area contributed by atoms with Crippen molar-refractivity contribution in [1.29, 1.82) is 0 Å². The van der Waals surface area contributed by atoms with Crippen LogP contribution in [-0.2, 0) is 4.79 Å². The number of anilines is 1. The normalized spacial score (nSPS) is 11.9. The van der Waals surface area contributed by atoms with Crippen molar-refractivity contribution >= 4 is 44.9 Å². The van der Waals surface area contributed by atoms with Gasteiger partial charge in [0.25, 0.3) is 0 Å². The Balaban J connectivity index is 2.56. The SMILES string of the molecule is CC(N)C(=O)Nc1ccc(Br)c(Cl)c1C(=O)c1ncccc1F. The van der Waals surface area contributed by atoms with Crippen LogP contribution in [0.2, 0.25) is 5.02 Å². The predicted molar refractivity (Wildman–Crippen MR) is 89.1 cm³/mol. The highest BCUT2D eigenvalue weighted by Gasteiger charge is 2.24. The number of nitrogens with two attached hydrogens (primary N) is 1. The minimum absolute atomic E-state index is 0.0440. The highest BCUT2D eigenvalue weighted by Crippen LogP contribution is 2.33. The number of hydrogen-bond acceptors (Lipinski definition) is 4. The van der Waals surface area contributed by atoms with Gasteiger partial charge in [-0.3, -0.25) is 9.59 Å². The first-order chi connectivity index (χ1) is 10.8. The molecule has 1 aromatic carbocycles. The summed E-state index contributed by atoms with van der Waals surface area (Å²) in [5, 5.41) is 2.55. The number of pyridine rings is 1. The number of halogens is 3. The maximum absolute atomic E-state index is 13.8. The van der Waals surface area contributed by atoms with Gasteiger partial charge in [-0.05, 0) is 47.1 Å². The van der Waals surface area contributed by atoms with Gasteiger partial charge in [-0.2, -0.15) is 0 Å². The average Bonchev–Trinajstić information content (AvgIpc) is 2.51. The van der Waals surface area contributed by atoms with Crippen LogP contribution in [0.3, 0.4) is 0 Å². The lowest BCUT2D eigenvalue weighted by Crippen LogP contribution is -2.33. The Labute approximate surface area is 145 Å². The van der Waals surface area contributed by atoms with E-state index in [4.69, 9.17) is 17.3 Å². The maximum atomic E-state index is 13.8. The Morgan fingerprint density at radius 2 is 2.09 bits per heavy atom. The molecule has 3 N–H and O–H groups in total. The summed E-state index contributed by atoms with van der Waals surface area (Å²) in [4.78, 5) is 28.2. The summed E-state index contributed by atoms with van der Waals surface area (Å²) in [5.41, 5.74) is 5.19. The largest absolute Gasteiger partial charge is 0.324 e. The van der Waals surface area contributed by atoms with Gasteiger partial charge in [0.1, 0.15) is 5.69 Å². The van der Waals surface area contributed by atoms with E-state index in [1.165, 1.54) is 25.3 Å². The molecular weight excluding hydrogens is 389 g/mol. The smallest absolute Gasteiger partial charge is 0.241 e. The van der Waals surface area contributed by atoms with E-state index in [0.29, 0.717) is 4.47 Å². The molecule has 0 aliphatic rings. The number of amides is 1. The molecule has 2 aromatic rings. The third-order valence-corrected chi connectivity index (χ3v) is 4.25. The summed E-state index contributed by atoms with van der Waals surface area (Å²) in [6.07, 6.45) is 1.29. The van der Waals surface area contributed by atoms with Gasteiger partial charge in [0.15, 0.2) is 5.82 Å². The molecule has 0 spiro atoms. The van der Waals surface area contributed by atoms with Gasteiger partial charge in [0.2, 0.25) is 11.7 Å². The van der Waals surface area contributed by atoms with E-state index in [1.54, 1.807) is 6.07 Å². The predicted octanol–water partition coefficient (Wildman–Crippen LogP) is 3.15. The molecule has 23 heavy (non-hydrogen) atoms. The Bertz CT molecular complexity index is 783. The van der Waals surface area contributed by atoms with Crippen LogP contribution >= 0.6 is 27.5 Å². The number of nitrogens with one attached hydrogen (secondary N) is 1. The highest BCUT2D eigenvalue weighted by atomic mass is 79.9. The second-order valence-electron chi connectivity index (χ2n) is 4.72. The maximum Gasteiger partial charge on any atom is 0.241 e. The summed E-state index contributed by atoms with van der Waals surface area (Å²) >= 11 is 9.36. The Morgan fingerprint density at radius 3 is 2.70 bits per heavy atom. The molecule has 0 radical (unpaired) electrons. The lowest BCUT2D eigenvalue weighted by molar-refractivity contribution is -0.117. The fraction of sp³-hybridized carbons (Fsp3) is 0.133. The van der Waals surface area contributed by atoms with Gasteiger partial charge in [-0.25, -0.2) is 9.37 Å². The first kappa shape index (κ1) is 17.5. The standard InChI is InChI=1S/C15H12BrClFN3O2/c1-7(19)15(23)21-10-5-4-8(16)12(17)11(10)14(22)13-9(18)3-2-6-20-13/h2-7H,19H2,1H3,(H,21,23). The molecule has 2 rings (SSSR count). The number of rotatable bonds is 4. The number of benzene rings is 1. The molecule has 0 aliphatic carbocycles. The van der Waals surface area contributed by atoms with Gasteiger partial charge < -0.3 is 11.1 Å². The first-order valence-corrected chi connectivity index (χ1v) is 7.69. The molecule has 0 aliphatic heterocycles. The van der Waals surface area contributed by atoms with Crippen LogP contribution in [0, 0.1) is 5.82 Å². The molecule has 1 atom stereocenters. The summed E-state index contributed by atoms with van der Waals surface area (Å²) in [6.45, 7) is 1.50. The third-order valence-electron chi connectivity index (χ3n) is 2.97. The minimum Gasteiger partial charge on any atom is -0.324 e. The lowest BCUT2D eigenvalue weighted by atomic mass is 10.0. The van der Waals surface area contributed by atoms with Crippen molar-refractivity contribution in [3.63, 3.8) is 0 Å². The van der Waals surface area contributed by atoms with Crippen molar-refractivity contribution in [1.82, 2.24) is 4.98 Å². The Hall–Kier alpha value is -1.83. The van der Waals surface area contributed by atoms with Gasteiger partial charge in [-0.1, -0.05) is 11.6 Å². The molecule has 1 unspecified atom stereocenters. The molecule has 120 valence electrons. The molecular formula is C15H12BrClFN3O2. The minimum atomic E-state index is -0.785.